The van der Waals surface area contributed by atoms with Gasteiger partial charge in [-0.2, -0.15) is 5.10 Å². The standard InChI is InChI=1S/C17H15N5O2/c1-13(19-20-15-3-2-4-17(11-15)22(23)24)14-5-7-16(8-6-14)21-10-9-18-12-21/h2-12,20H,1H3. The van der Waals surface area contributed by atoms with Gasteiger partial charge in [0.05, 0.1) is 22.6 Å². The third kappa shape index (κ3) is 3.46. The molecule has 0 aliphatic carbocycles. The molecule has 0 aliphatic rings. The average molecular weight is 321 g/mol. The van der Waals surface area contributed by atoms with Crippen molar-refractivity contribution in [2.24, 2.45) is 5.10 Å². The van der Waals surface area contributed by atoms with Gasteiger partial charge in [-0.25, -0.2) is 4.98 Å². The van der Waals surface area contributed by atoms with Crippen LogP contribution in [0.1, 0.15) is 12.5 Å². The van der Waals surface area contributed by atoms with Gasteiger partial charge in [-0.05, 0) is 30.7 Å². The van der Waals surface area contributed by atoms with E-state index in [9.17, 15) is 10.1 Å². The molecule has 1 aromatic heterocycles. The predicted octanol–water partition coefficient (Wildman–Crippen LogP) is 3.62. The number of non-ortho nitro benzene ring substituents is 1. The minimum atomic E-state index is -0.434. The Morgan fingerprint density at radius 1 is 1.25 bits per heavy atom. The summed E-state index contributed by atoms with van der Waals surface area (Å²) >= 11 is 0. The predicted molar refractivity (Wildman–Crippen MR) is 92.5 cm³/mol. The number of nitro groups is 1. The summed E-state index contributed by atoms with van der Waals surface area (Å²) in [6.07, 6.45) is 5.34. The van der Waals surface area contributed by atoms with Crippen LogP contribution >= 0.6 is 0 Å². The van der Waals surface area contributed by atoms with Crippen molar-refractivity contribution in [3.8, 4) is 5.69 Å². The molecule has 2 aromatic carbocycles. The highest BCUT2D eigenvalue weighted by molar-refractivity contribution is 5.99. The third-order valence-corrected chi connectivity index (χ3v) is 3.50. The molecule has 3 rings (SSSR count). The average Bonchev–Trinajstić information content (AvgIpc) is 3.14. The molecule has 1 heterocycles. The first-order chi connectivity index (χ1) is 11.6. The quantitative estimate of drug-likeness (QED) is 0.442. The molecule has 0 bridgehead atoms. The first-order valence-corrected chi connectivity index (χ1v) is 7.27. The Labute approximate surface area is 138 Å². The molecule has 0 aliphatic heterocycles. The van der Waals surface area contributed by atoms with Crippen molar-refractivity contribution in [2.75, 3.05) is 5.43 Å². The van der Waals surface area contributed by atoms with Crippen LogP contribution in [0.4, 0.5) is 11.4 Å². The Morgan fingerprint density at radius 2 is 2.04 bits per heavy atom. The van der Waals surface area contributed by atoms with Crippen molar-refractivity contribution in [1.82, 2.24) is 9.55 Å². The van der Waals surface area contributed by atoms with E-state index < -0.39 is 4.92 Å². The topological polar surface area (TPSA) is 85.4 Å². The summed E-state index contributed by atoms with van der Waals surface area (Å²) in [6.45, 7) is 1.87. The maximum atomic E-state index is 10.8. The maximum absolute atomic E-state index is 10.8. The van der Waals surface area contributed by atoms with Gasteiger partial charge in [0.2, 0.25) is 0 Å². The second kappa shape index (κ2) is 6.74. The highest BCUT2D eigenvalue weighted by Crippen LogP contribution is 2.17. The molecular weight excluding hydrogens is 306 g/mol. The van der Waals surface area contributed by atoms with E-state index in [1.807, 2.05) is 42.0 Å². The fourth-order valence-corrected chi connectivity index (χ4v) is 2.19. The Balaban J connectivity index is 1.74. The second-order valence-electron chi connectivity index (χ2n) is 5.13. The van der Waals surface area contributed by atoms with Crippen LogP contribution in [0.5, 0.6) is 0 Å². The van der Waals surface area contributed by atoms with Gasteiger partial charge in [0.25, 0.3) is 5.69 Å². The lowest BCUT2D eigenvalue weighted by Gasteiger charge is -2.06. The van der Waals surface area contributed by atoms with Crippen LogP contribution in [0, 0.1) is 10.1 Å². The van der Waals surface area contributed by atoms with Crippen molar-refractivity contribution < 1.29 is 4.92 Å². The number of rotatable bonds is 5. The number of hydrogen-bond acceptors (Lipinski definition) is 5. The van der Waals surface area contributed by atoms with Gasteiger partial charge >= 0.3 is 0 Å². The van der Waals surface area contributed by atoms with Gasteiger partial charge < -0.3 is 4.57 Å². The normalized spacial score (nSPS) is 11.3. The lowest BCUT2D eigenvalue weighted by atomic mass is 10.1. The van der Waals surface area contributed by atoms with Crippen LogP contribution in [-0.2, 0) is 0 Å². The third-order valence-electron chi connectivity index (χ3n) is 3.50. The zero-order valence-corrected chi connectivity index (χ0v) is 13.0. The molecule has 0 atom stereocenters. The van der Waals surface area contributed by atoms with Gasteiger partial charge in [-0.3, -0.25) is 15.5 Å². The van der Waals surface area contributed by atoms with Crippen LogP contribution in [0.15, 0.2) is 72.4 Å². The number of nitrogens with one attached hydrogen (secondary N) is 1. The second-order valence-corrected chi connectivity index (χ2v) is 5.13. The highest BCUT2D eigenvalue weighted by Gasteiger charge is 2.05. The van der Waals surface area contributed by atoms with E-state index in [1.165, 1.54) is 12.1 Å². The van der Waals surface area contributed by atoms with E-state index >= 15 is 0 Å². The van der Waals surface area contributed by atoms with E-state index in [2.05, 4.69) is 15.5 Å². The first kappa shape index (κ1) is 15.4. The molecule has 0 radical (unpaired) electrons. The van der Waals surface area contributed by atoms with Crippen molar-refractivity contribution in [3.63, 3.8) is 0 Å². The number of imidazole rings is 1. The van der Waals surface area contributed by atoms with Crippen molar-refractivity contribution in [3.05, 3.63) is 82.9 Å². The van der Waals surface area contributed by atoms with Crippen LogP contribution in [0.2, 0.25) is 0 Å². The molecule has 0 saturated carbocycles. The van der Waals surface area contributed by atoms with Crippen LogP contribution in [0.3, 0.4) is 0 Å². The number of aromatic nitrogens is 2. The number of anilines is 1. The lowest BCUT2D eigenvalue weighted by Crippen LogP contribution is -2.00. The van der Waals surface area contributed by atoms with Gasteiger partial charge in [-0.15, -0.1) is 0 Å². The largest absolute Gasteiger partial charge is 0.306 e. The number of hydrazone groups is 1. The fraction of sp³-hybridized carbons (Fsp3) is 0.0588. The summed E-state index contributed by atoms with van der Waals surface area (Å²) < 4.78 is 1.91. The van der Waals surface area contributed by atoms with Crippen LogP contribution in [-0.4, -0.2) is 20.2 Å². The molecule has 7 nitrogen and oxygen atoms in total. The zero-order valence-electron chi connectivity index (χ0n) is 13.0. The molecule has 120 valence electrons. The molecule has 0 unspecified atom stereocenters. The van der Waals surface area contributed by atoms with Gasteiger partial charge in [0.15, 0.2) is 0 Å². The maximum Gasteiger partial charge on any atom is 0.271 e. The Bertz CT molecular complexity index is 870. The summed E-state index contributed by atoms with van der Waals surface area (Å²) in [5.41, 5.74) is 6.18. The van der Waals surface area contributed by atoms with E-state index in [0.29, 0.717) is 5.69 Å². The fourth-order valence-electron chi connectivity index (χ4n) is 2.19. The van der Waals surface area contributed by atoms with Crippen molar-refractivity contribution in [2.45, 2.75) is 6.92 Å². The lowest BCUT2D eigenvalue weighted by molar-refractivity contribution is -0.384. The number of nitro benzene ring substituents is 1. The minimum absolute atomic E-state index is 0.0255. The molecular formula is C17H15N5O2. The Kier molecular flexibility index (Phi) is 4.33. The van der Waals surface area contributed by atoms with Gasteiger partial charge in [0.1, 0.15) is 0 Å². The van der Waals surface area contributed by atoms with E-state index in [-0.39, 0.29) is 5.69 Å². The molecule has 24 heavy (non-hydrogen) atoms. The molecule has 0 saturated heterocycles. The van der Waals surface area contributed by atoms with E-state index in [4.69, 9.17) is 0 Å². The van der Waals surface area contributed by atoms with E-state index in [1.54, 1.807) is 24.7 Å². The highest BCUT2D eigenvalue weighted by atomic mass is 16.6. The molecule has 7 heteroatoms. The Morgan fingerprint density at radius 3 is 2.71 bits per heavy atom. The molecule has 3 aromatic rings. The summed E-state index contributed by atoms with van der Waals surface area (Å²) in [4.78, 5) is 14.4. The number of benzene rings is 2. The molecule has 1 N–H and O–H groups in total. The molecule has 0 amide bonds. The van der Waals surface area contributed by atoms with Crippen molar-refractivity contribution >= 4 is 17.1 Å². The summed E-state index contributed by atoms with van der Waals surface area (Å²) in [6, 6.07) is 14.1. The van der Waals surface area contributed by atoms with Gasteiger partial charge in [0, 0.05) is 30.2 Å². The minimum Gasteiger partial charge on any atom is -0.306 e. The Hall–Kier alpha value is -3.48. The zero-order chi connectivity index (χ0) is 16.9. The number of hydrogen-bond donors (Lipinski definition) is 1. The molecule has 0 fully saturated rings. The van der Waals surface area contributed by atoms with Crippen molar-refractivity contribution in [1.29, 1.82) is 0 Å². The van der Waals surface area contributed by atoms with E-state index in [0.717, 1.165) is 17.0 Å². The SMILES string of the molecule is CC(=NNc1cccc([N+](=O)[O-])c1)c1ccc(-n2ccnc2)cc1. The summed E-state index contributed by atoms with van der Waals surface area (Å²) in [7, 11) is 0. The summed E-state index contributed by atoms with van der Waals surface area (Å²) in [5.74, 6) is 0. The molecule has 0 spiro atoms. The summed E-state index contributed by atoms with van der Waals surface area (Å²) in [5, 5.41) is 15.1. The smallest absolute Gasteiger partial charge is 0.271 e. The van der Waals surface area contributed by atoms with Crippen LogP contribution < -0.4 is 5.43 Å². The van der Waals surface area contributed by atoms with Gasteiger partial charge in [-0.1, -0.05) is 18.2 Å². The van der Waals surface area contributed by atoms with Crippen LogP contribution in [0.25, 0.3) is 5.69 Å². The number of nitrogens with zero attached hydrogens (tertiary/aromatic N) is 4. The first-order valence-electron chi connectivity index (χ1n) is 7.27. The monoisotopic (exact) mass is 321 g/mol.